The fourth-order valence-corrected chi connectivity index (χ4v) is 2.86. The van der Waals surface area contributed by atoms with Gasteiger partial charge in [-0.05, 0) is 43.2 Å². The van der Waals surface area contributed by atoms with Crippen LogP contribution in [0.2, 0.25) is 5.02 Å². The number of rotatable bonds is 5. The number of carbonyl (C=O) groups is 1. The highest BCUT2D eigenvalue weighted by molar-refractivity contribution is 6.31. The molecule has 0 bridgehead atoms. The van der Waals surface area contributed by atoms with Crippen LogP contribution >= 0.6 is 11.6 Å². The van der Waals surface area contributed by atoms with Crippen LogP contribution in [0.4, 0.5) is 11.4 Å². The SMILES string of the molecule is Cc1ccc(Nc2cncc(C(=O)NCc3ccccc3Cl)c2)c(C)c1. The first kappa shape index (κ1) is 18.0. The third-order valence-corrected chi connectivity index (χ3v) is 4.43. The average molecular weight is 366 g/mol. The zero-order chi connectivity index (χ0) is 18.5. The van der Waals surface area contributed by atoms with E-state index in [1.165, 1.54) is 5.56 Å². The van der Waals surface area contributed by atoms with Crippen LogP contribution in [0.25, 0.3) is 0 Å². The summed E-state index contributed by atoms with van der Waals surface area (Å²) in [6, 6.07) is 15.4. The Balaban J connectivity index is 1.70. The van der Waals surface area contributed by atoms with Gasteiger partial charge in [-0.2, -0.15) is 0 Å². The number of aromatic nitrogens is 1. The van der Waals surface area contributed by atoms with Gasteiger partial charge in [0.25, 0.3) is 5.91 Å². The van der Waals surface area contributed by atoms with Crippen molar-refractivity contribution in [2.24, 2.45) is 0 Å². The molecule has 132 valence electrons. The van der Waals surface area contributed by atoms with Crippen molar-refractivity contribution in [2.75, 3.05) is 5.32 Å². The zero-order valence-electron chi connectivity index (χ0n) is 14.7. The molecule has 4 nitrogen and oxygen atoms in total. The van der Waals surface area contributed by atoms with E-state index in [0.29, 0.717) is 17.1 Å². The number of nitrogens with one attached hydrogen (secondary N) is 2. The van der Waals surface area contributed by atoms with Crippen LogP contribution in [0.1, 0.15) is 27.0 Å². The van der Waals surface area contributed by atoms with E-state index in [1.807, 2.05) is 37.3 Å². The maximum atomic E-state index is 12.4. The van der Waals surface area contributed by atoms with Crippen LogP contribution in [-0.2, 0) is 6.54 Å². The van der Waals surface area contributed by atoms with E-state index in [1.54, 1.807) is 24.5 Å². The van der Waals surface area contributed by atoms with Crippen LogP contribution in [0.3, 0.4) is 0 Å². The molecule has 5 heteroatoms. The normalized spacial score (nSPS) is 10.4. The predicted molar refractivity (Wildman–Crippen MR) is 106 cm³/mol. The summed E-state index contributed by atoms with van der Waals surface area (Å²) in [7, 11) is 0. The Morgan fingerprint density at radius 3 is 2.65 bits per heavy atom. The van der Waals surface area contributed by atoms with Gasteiger partial charge in [0.2, 0.25) is 0 Å². The smallest absolute Gasteiger partial charge is 0.253 e. The van der Waals surface area contributed by atoms with Crippen molar-refractivity contribution >= 4 is 28.9 Å². The molecular formula is C21H20ClN3O. The third kappa shape index (κ3) is 4.41. The Morgan fingerprint density at radius 2 is 1.88 bits per heavy atom. The van der Waals surface area contributed by atoms with Crippen molar-refractivity contribution < 1.29 is 4.79 Å². The lowest BCUT2D eigenvalue weighted by atomic mass is 10.1. The van der Waals surface area contributed by atoms with E-state index in [9.17, 15) is 4.79 Å². The zero-order valence-corrected chi connectivity index (χ0v) is 15.5. The first-order chi connectivity index (χ1) is 12.5. The van der Waals surface area contributed by atoms with Gasteiger partial charge < -0.3 is 10.6 Å². The Morgan fingerprint density at radius 1 is 1.08 bits per heavy atom. The average Bonchev–Trinajstić information content (AvgIpc) is 2.63. The second kappa shape index (κ2) is 8.02. The lowest BCUT2D eigenvalue weighted by Crippen LogP contribution is -2.23. The Kier molecular flexibility index (Phi) is 5.54. The van der Waals surface area contributed by atoms with Crippen LogP contribution < -0.4 is 10.6 Å². The lowest BCUT2D eigenvalue weighted by molar-refractivity contribution is 0.0950. The highest BCUT2D eigenvalue weighted by Crippen LogP contribution is 2.21. The van der Waals surface area contributed by atoms with Crippen molar-refractivity contribution in [1.82, 2.24) is 10.3 Å². The van der Waals surface area contributed by atoms with Crippen molar-refractivity contribution in [3.8, 4) is 0 Å². The van der Waals surface area contributed by atoms with Crippen LogP contribution in [0.5, 0.6) is 0 Å². The van der Waals surface area contributed by atoms with E-state index in [-0.39, 0.29) is 5.91 Å². The van der Waals surface area contributed by atoms with Gasteiger partial charge >= 0.3 is 0 Å². The second-order valence-electron chi connectivity index (χ2n) is 6.18. The minimum atomic E-state index is -0.193. The molecule has 2 N–H and O–H groups in total. The maximum absolute atomic E-state index is 12.4. The molecule has 0 aliphatic carbocycles. The number of nitrogens with zero attached hydrogens (tertiary/aromatic N) is 1. The topological polar surface area (TPSA) is 54.0 Å². The number of pyridine rings is 1. The van der Waals surface area contributed by atoms with E-state index in [0.717, 1.165) is 22.5 Å². The molecule has 2 aromatic carbocycles. The van der Waals surface area contributed by atoms with Crippen LogP contribution in [-0.4, -0.2) is 10.9 Å². The van der Waals surface area contributed by atoms with Crippen LogP contribution in [0, 0.1) is 13.8 Å². The molecule has 3 rings (SSSR count). The molecular weight excluding hydrogens is 346 g/mol. The Bertz CT molecular complexity index is 940. The van der Waals surface area contributed by atoms with Crippen molar-refractivity contribution in [3.63, 3.8) is 0 Å². The summed E-state index contributed by atoms with van der Waals surface area (Å²) in [5.41, 5.74) is 5.47. The summed E-state index contributed by atoms with van der Waals surface area (Å²) < 4.78 is 0. The van der Waals surface area contributed by atoms with E-state index < -0.39 is 0 Å². The molecule has 0 unspecified atom stereocenters. The summed E-state index contributed by atoms with van der Waals surface area (Å²) in [4.78, 5) is 16.6. The van der Waals surface area contributed by atoms with E-state index >= 15 is 0 Å². The number of hydrogen-bond donors (Lipinski definition) is 2. The van der Waals surface area contributed by atoms with E-state index in [2.05, 4.69) is 28.6 Å². The van der Waals surface area contributed by atoms with Gasteiger partial charge in [0.15, 0.2) is 0 Å². The standard InChI is InChI=1S/C21H20ClN3O/c1-14-7-8-20(15(2)9-14)25-18-10-17(11-23-13-18)21(26)24-12-16-5-3-4-6-19(16)22/h3-11,13,25H,12H2,1-2H3,(H,24,26). The molecule has 0 atom stereocenters. The molecule has 0 aliphatic heterocycles. The van der Waals surface area contributed by atoms with Gasteiger partial charge in [-0.3, -0.25) is 9.78 Å². The van der Waals surface area contributed by atoms with Gasteiger partial charge in [0, 0.05) is 23.5 Å². The summed E-state index contributed by atoms with van der Waals surface area (Å²) in [5.74, 6) is -0.193. The van der Waals surface area contributed by atoms with Gasteiger partial charge in [0.05, 0.1) is 17.4 Å². The minimum absolute atomic E-state index is 0.193. The molecule has 0 radical (unpaired) electrons. The number of halogens is 1. The maximum Gasteiger partial charge on any atom is 0.253 e. The molecule has 26 heavy (non-hydrogen) atoms. The van der Waals surface area contributed by atoms with Crippen LogP contribution in [0.15, 0.2) is 60.9 Å². The molecule has 0 aliphatic rings. The molecule has 1 amide bonds. The molecule has 0 saturated carbocycles. The van der Waals surface area contributed by atoms with Crippen molar-refractivity contribution in [1.29, 1.82) is 0 Å². The highest BCUT2D eigenvalue weighted by Gasteiger charge is 2.09. The lowest BCUT2D eigenvalue weighted by Gasteiger charge is -2.11. The molecule has 0 spiro atoms. The van der Waals surface area contributed by atoms with Gasteiger partial charge in [-0.15, -0.1) is 0 Å². The van der Waals surface area contributed by atoms with Gasteiger partial charge in [-0.25, -0.2) is 0 Å². The van der Waals surface area contributed by atoms with Gasteiger partial charge in [0.1, 0.15) is 0 Å². The van der Waals surface area contributed by atoms with Crippen molar-refractivity contribution in [2.45, 2.75) is 20.4 Å². The Hall–Kier alpha value is -2.85. The number of amides is 1. The number of benzene rings is 2. The highest BCUT2D eigenvalue weighted by atomic mass is 35.5. The monoisotopic (exact) mass is 365 g/mol. The number of hydrogen-bond acceptors (Lipinski definition) is 3. The molecule has 0 fully saturated rings. The number of aryl methyl sites for hydroxylation is 2. The summed E-state index contributed by atoms with van der Waals surface area (Å²) in [6.07, 6.45) is 3.25. The first-order valence-corrected chi connectivity index (χ1v) is 8.71. The molecule has 1 aromatic heterocycles. The molecule has 0 saturated heterocycles. The van der Waals surface area contributed by atoms with Gasteiger partial charge in [-0.1, -0.05) is 47.5 Å². The summed E-state index contributed by atoms with van der Waals surface area (Å²) in [6.45, 7) is 4.47. The predicted octanol–water partition coefficient (Wildman–Crippen LogP) is 5.03. The van der Waals surface area contributed by atoms with E-state index in [4.69, 9.17) is 11.6 Å². The number of anilines is 2. The van der Waals surface area contributed by atoms with Crippen molar-refractivity contribution in [3.05, 3.63) is 88.2 Å². The summed E-state index contributed by atoms with van der Waals surface area (Å²) in [5, 5.41) is 6.82. The minimum Gasteiger partial charge on any atom is -0.354 e. The third-order valence-electron chi connectivity index (χ3n) is 4.06. The summed E-state index contributed by atoms with van der Waals surface area (Å²) >= 11 is 6.12. The first-order valence-electron chi connectivity index (χ1n) is 8.34. The molecule has 1 heterocycles. The largest absolute Gasteiger partial charge is 0.354 e. The number of carbonyl (C=O) groups excluding carboxylic acids is 1. The molecule has 3 aromatic rings. The fourth-order valence-electron chi connectivity index (χ4n) is 2.66. The quantitative estimate of drug-likeness (QED) is 0.667. The fraction of sp³-hybridized carbons (Fsp3) is 0.143. The second-order valence-corrected chi connectivity index (χ2v) is 6.59. The Labute approximate surface area is 158 Å².